The highest BCUT2D eigenvalue weighted by atomic mass is 32.1. The predicted molar refractivity (Wildman–Crippen MR) is 95.5 cm³/mol. The summed E-state index contributed by atoms with van der Waals surface area (Å²) in [6.45, 7) is 7.37. The first-order valence-corrected chi connectivity index (χ1v) is 9.69. The molecule has 2 aromatic rings. The number of rotatable bonds is 6. The highest BCUT2D eigenvalue weighted by Crippen LogP contribution is 2.31. The molecule has 136 valence electrons. The van der Waals surface area contributed by atoms with Gasteiger partial charge in [0.2, 0.25) is 11.8 Å². The van der Waals surface area contributed by atoms with Crippen molar-refractivity contribution in [2.24, 2.45) is 5.92 Å². The topological polar surface area (TPSA) is 77.2 Å². The SMILES string of the molecule is CC(C)c1noc([C@H](NC(=O)[C@H](C)c2cccs2)C2CCOCC2)n1. The molecule has 1 N–H and O–H groups in total. The number of amides is 1. The number of hydrogen-bond acceptors (Lipinski definition) is 6. The Morgan fingerprint density at radius 1 is 1.32 bits per heavy atom. The van der Waals surface area contributed by atoms with Gasteiger partial charge in [-0.05, 0) is 37.1 Å². The number of carbonyl (C=O) groups excluding carboxylic acids is 1. The van der Waals surface area contributed by atoms with Crippen LogP contribution in [0.1, 0.15) is 68.1 Å². The van der Waals surface area contributed by atoms with Crippen LogP contribution in [0.15, 0.2) is 22.0 Å². The third-order valence-corrected chi connectivity index (χ3v) is 5.69. The van der Waals surface area contributed by atoms with Crippen LogP contribution in [-0.2, 0) is 9.53 Å². The maximum Gasteiger partial charge on any atom is 0.249 e. The van der Waals surface area contributed by atoms with Crippen LogP contribution in [-0.4, -0.2) is 29.3 Å². The molecule has 0 radical (unpaired) electrons. The zero-order chi connectivity index (χ0) is 17.8. The summed E-state index contributed by atoms with van der Waals surface area (Å²) in [5.74, 6) is 1.40. The van der Waals surface area contributed by atoms with E-state index in [2.05, 4.69) is 15.5 Å². The van der Waals surface area contributed by atoms with Gasteiger partial charge in [-0.3, -0.25) is 4.79 Å². The lowest BCUT2D eigenvalue weighted by Crippen LogP contribution is -2.38. The number of nitrogens with one attached hydrogen (secondary N) is 1. The number of nitrogens with zero attached hydrogens (tertiary/aromatic N) is 2. The van der Waals surface area contributed by atoms with Gasteiger partial charge in [0.25, 0.3) is 0 Å². The van der Waals surface area contributed by atoms with E-state index in [-0.39, 0.29) is 29.7 Å². The first-order valence-electron chi connectivity index (χ1n) is 8.81. The minimum atomic E-state index is -0.265. The van der Waals surface area contributed by atoms with Crippen molar-refractivity contribution in [2.45, 2.75) is 51.5 Å². The fraction of sp³-hybridized carbons (Fsp3) is 0.611. The third-order valence-electron chi connectivity index (χ3n) is 4.64. The smallest absolute Gasteiger partial charge is 0.249 e. The van der Waals surface area contributed by atoms with Crippen molar-refractivity contribution in [1.29, 1.82) is 0 Å². The Balaban J connectivity index is 1.79. The monoisotopic (exact) mass is 363 g/mol. The Kier molecular flexibility index (Phi) is 5.86. The highest BCUT2D eigenvalue weighted by molar-refractivity contribution is 7.10. The molecular weight excluding hydrogens is 338 g/mol. The normalized spacial score (nSPS) is 18.2. The average molecular weight is 363 g/mol. The van der Waals surface area contributed by atoms with Gasteiger partial charge in [-0.1, -0.05) is 25.1 Å². The molecule has 1 saturated heterocycles. The van der Waals surface area contributed by atoms with Crippen molar-refractivity contribution in [1.82, 2.24) is 15.5 Å². The quantitative estimate of drug-likeness (QED) is 0.848. The molecule has 2 atom stereocenters. The van der Waals surface area contributed by atoms with Crippen molar-refractivity contribution >= 4 is 17.2 Å². The molecule has 1 amide bonds. The minimum absolute atomic E-state index is 0.0109. The average Bonchev–Trinajstić information content (AvgIpc) is 3.31. The van der Waals surface area contributed by atoms with Gasteiger partial charge in [0.1, 0.15) is 6.04 Å². The van der Waals surface area contributed by atoms with Gasteiger partial charge in [0.15, 0.2) is 5.82 Å². The molecule has 1 fully saturated rings. The van der Waals surface area contributed by atoms with Crippen LogP contribution >= 0.6 is 11.3 Å². The number of carbonyl (C=O) groups is 1. The first-order chi connectivity index (χ1) is 12.1. The highest BCUT2D eigenvalue weighted by Gasteiger charge is 2.33. The largest absolute Gasteiger partial charge is 0.381 e. The lowest BCUT2D eigenvalue weighted by molar-refractivity contribution is -0.123. The molecule has 0 bridgehead atoms. The zero-order valence-corrected chi connectivity index (χ0v) is 15.7. The van der Waals surface area contributed by atoms with E-state index >= 15 is 0 Å². The van der Waals surface area contributed by atoms with Crippen molar-refractivity contribution in [3.8, 4) is 0 Å². The van der Waals surface area contributed by atoms with E-state index in [0.717, 1.165) is 17.7 Å². The van der Waals surface area contributed by atoms with Gasteiger partial charge in [-0.25, -0.2) is 0 Å². The molecule has 0 unspecified atom stereocenters. The summed E-state index contributed by atoms with van der Waals surface area (Å²) in [7, 11) is 0. The van der Waals surface area contributed by atoms with Gasteiger partial charge >= 0.3 is 0 Å². The number of ether oxygens (including phenoxy) is 1. The minimum Gasteiger partial charge on any atom is -0.381 e. The number of hydrogen-bond donors (Lipinski definition) is 1. The van der Waals surface area contributed by atoms with Crippen molar-refractivity contribution in [3.05, 3.63) is 34.1 Å². The predicted octanol–water partition coefficient (Wildman–Crippen LogP) is 3.64. The summed E-state index contributed by atoms with van der Waals surface area (Å²) in [5, 5.41) is 9.21. The van der Waals surface area contributed by atoms with Gasteiger partial charge in [-0.2, -0.15) is 4.98 Å². The lowest BCUT2D eigenvalue weighted by Gasteiger charge is -2.29. The van der Waals surface area contributed by atoms with E-state index in [1.807, 2.05) is 38.3 Å². The second-order valence-electron chi connectivity index (χ2n) is 6.82. The Morgan fingerprint density at radius 2 is 2.08 bits per heavy atom. The molecule has 7 heteroatoms. The summed E-state index contributed by atoms with van der Waals surface area (Å²) in [5.41, 5.74) is 0. The first kappa shape index (κ1) is 18.1. The van der Waals surface area contributed by atoms with Crippen molar-refractivity contribution < 1.29 is 14.1 Å². The molecule has 0 aliphatic carbocycles. The summed E-state index contributed by atoms with van der Waals surface area (Å²) in [4.78, 5) is 18.4. The molecule has 25 heavy (non-hydrogen) atoms. The van der Waals surface area contributed by atoms with E-state index < -0.39 is 0 Å². The van der Waals surface area contributed by atoms with Crippen LogP contribution in [0.2, 0.25) is 0 Å². The molecular formula is C18H25N3O3S. The molecule has 1 aliphatic heterocycles. The van der Waals surface area contributed by atoms with Crippen molar-refractivity contribution in [3.63, 3.8) is 0 Å². The molecule has 0 aromatic carbocycles. The fourth-order valence-corrected chi connectivity index (χ4v) is 3.77. The molecule has 0 saturated carbocycles. The van der Waals surface area contributed by atoms with E-state index in [1.165, 1.54) is 0 Å². The molecule has 1 aliphatic rings. The Hall–Kier alpha value is -1.73. The van der Waals surface area contributed by atoms with E-state index in [1.54, 1.807) is 11.3 Å². The van der Waals surface area contributed by atoms with Crippen LogP contribution < -0.4 is 5.32 Å². The van der Waals surface area contributed by atoms with Crippen molar-refractivity contribution in [2.75, 3.05) is 13.2 Å². The summed E-state index contributed by atoms with van der Waals surface area (Å²) >= 11 is 1.59. The zero-order valence-electron chi connectivity index (χ0n) is 14.9. The van der Waals surface area contributed by atoms with E-state index in [9.17, 15) is 4.79 Å². The van der Waals surface area contributed by atoms with Crippen LogP contribution in [0.4, 0.5) is 0 Å². The molecule has 3 heterocycles. The van der Waals surface area contributed by atoms with Gasteiger partial charge < -0.3 is 14.6 Å². The number of thiophene rings is 1. The maximum absolute atomic E-state index is 12.8. The Labute approximate surface area is 152 Å². The number of aromatic nitrogens is 2. The Morgan fingerprint density at radius 3 is 2.68 bits per heavy atom. The molecule has 3 rings (SSSR count). The summed E-state index contributed by atoms with van der Waals surface area (Å²) < 4.78 is 11.0. The van der Waals surface area contributed by atoms with Crippen LogP contribution in [0, 0.1) is 5.92 Å². The van der Waals surface area contributed by atoms with Gasteiger partial charge in [0, 0.05) is 24.0 Å². The summed E-state index contributed by atoms with van der Waals surface area (Å²) in [6.07, 6.45) is 1.75. The summed E-state index contributed by atoms with van der Waals surface area (Å²) in [6, 6.07) is 3.69. The lowest BCUT2D eigenvalue weighted by atomic mass is 9.91. The second-order valence-corrected chi connectivity index (χ2v) is 7.80. The third kappa shape index (κ3) is 4.27. The van der Waals surface area contributed by atoms with E-state index in [4.69, 9.17) is 9.26 Å². The molecule has 2 aromatic heterocycles. The van der Waals surface area contributed by atoms with Gasteiger partial charge in [0.05, 0.1) is 5.92 Å². The second kappa shape index (κ2) is 8.10. The molecule has 6 nitrogen and oxygen atoms in total. The van der Waals surface area contributed by atoms with E-state index in [0.29, 0.717) is 24.9 Å². The maximum atomic E-state index is 12.8. The van der Waals surface area contributed by atoms with Crippen LogP contribution in [0.5, 0.6) is 0 Å². The van der Waals surface area contributed by atoms with Crippen LogP contribution in [0.25, 0.3) is 0 Å². The Bertz CT molecular complexity index is 678. The van der Waals surface area contributed by atoms with Crippen LogP contribution in [0.3, 0.4) is 0 Å². The van der Waals surface area contributed by atoms with Gasteiger partial charge in [-0.15, -0.1) is 11.3 Å². The fourth-order valence-electron chi connectivity index (χ4n) is 2.98. The standard InChI is InChI=1S/C18H25N3O3S/c1-11(2)16-20-18(24-21-16)15(13-6-8-23-9-7-13)19-17(22)12(3)14-5-4-10-25-14/h4-5,10-13,15H,6-9H2,1-3H3,(H,19,22)/t12-,15-/m1/s1. The molecule has 0 spiro atoms.